The molecule has 0 N–H and O–H groups in total. The van der Waals surface area contributed by atoms with E-state index in [9.17, 15) is 4.79 Å². The summed E-state index contributed by atoms with van der Waals surface area (Å²) in [6, 6.07) is 16.1. The number of methoxy groups -OCH3 is 1. The van der Waals surface area contributed by atoms with Crippen molar-refractivity contribution in [1.29, 1.82) is 0 Å². The Morgan fingerprint density at radius 2 is 1.73 bits per heavy atom. The molecule has 5 heteroatoms. The van der Waals surface area contributed by atoms with Crippen LogP contribution in [0, 0.1) is 5.92 Å². The minimum atomic E-state index is 0.0589. The molecule has 3 aromatic rings. The van der Waals surface area contributed by atoms with E-state index < -0.39 is 0 Å². The zero-order valence-electron chi connectivity index (χ0n) is 18.2. The number of rotatable bonds is 9. The topological polar surface area (TPSA) is 55.6 Å². The maximum Gasteiger partial charge on any atom is 0.223 e. The minimum absolute atomic E-state index is 0.0589. The van der Waals surface area contributed by atoms with Crippen LogP contribution >= 0.6 is 0 Å². The van der Waals surface area contributed by atoms with Crippen LogP contribution in [0.4, 0.5) is 0 Å². The summed E-state index contributed by atoms with van der Waals surface area (Å²) in [7, 11) is 3.45. The number of carbonyl (C=O) groups is 1. The molecule has 0 aliphatic carbocycles. The van der Waals surface area contributed by atoms with Crippen molar-refractivity contribution in [2.24, 2.45) is 5.92 Å². The molecule has 0 radical (unpaired) electrons. The van der Waals surface area contributed by atoms with Crippen LogP contribution < -0.4 is 4.74 Å². The minimum Gasteiger partial charge on any atom is -0.497 e. The van der Waals surface area contributed by atoms with Crippen LogP contribution in [0.5, 0.6) is 5.75 Å². The maximum absolute atomic E-state index is 12.5. The van der Waals surface area contributed by atoms with Crippen molar-refractivity contribution in [3.63, 3.8) is 0 Å². The average Bonchev–Trinajstić information content (AvgIpc) is 3.21. The molecule has 0 saturated carbocycles. The largest absolute Gasteiger partial charge is 0.497 e. The fourth-order valence-corrected chi connectivity index (χ4v) is 3.33. The van der Waals surface area contributed by atoms with Gasteiger partial charge in [0, 0.05) is 32.0 Å². The van der Waals surface area contributed by atoms with Crippen LogP contribution in [0.25, 0.3) is 11.3 Å². The highest BCUT2D eigenvalue weighted by molar-refractivity contribution is 5.76. The summed E-state index contributed by atoms with van der Waals surface area (Å²) in [5.41, 5.74) is 3.38. The van der Waals surface area contributed by atoms with Crippen LogP contribution in [0.15, 0.2) is 59.1 Å². The molecule has 0 aliphatic heterocycles. The van der Waals surface area contributed by atoms with Crippen molar-refractivity contribution in [3.05, 3.63) is 71.7 Å². The van der Waals surface area contributed by atoms with Crippen LogP contribution in [-0.4, -0.2) is 29.9 Å². The molecule has 2 aromatic carbocycles. The summed E-state index contributed by atoms with van der Waals surface area (Å²) in [6.07, 6.45) is 3.64. The first-order valence-electron chi connectivity index (χ1n) is 10.4. The lowest BCUT2D eigenvalue weighted by Crippen LogP contribution is -2.26. The van der Waals surface area contributed by atoms with E-state index in [0.29, 0.717) is 31.2 Å². The first-order chi connectivity index (χ1) is 14.4. The molecule has 1 amide bonds. The second kappa shape index (κ2) is 10.1. The predicted molar refractivity (Wildman–Crippen MR) is 118 cm³/mol. The summed E-state index contributed by atoms with van der Waals surface area (Å²) in [6.45, 7) is 4.99. The van der Waals surface area contributed by atoms with Crippen molar-refractivity contribution >= 4 is 5.91 Å². The molecule has 0 fully saturated rings. The number of nitrogens with zero attached hydrogens (tertiary/aromatic N) is 2. The molecule has 30 heavy (non-hydrogen) atoms. The highest BCUT2D eigenvalue weighted by Gasteiger charge is 2.13. The van der Waals surface area contributed by atoms with Crippen molar-refractivity contribution in [3.8, 4) is 17.1 Å². The summed E-state index contributed by atoms with van der Waals surface area (Å²) in [5, 5.41) is 0. The molecule has 1 aromatic heterocycles. The van der Waals surface area contributed by atoms with E-state index in [-0.39, 0.29) is 5.91 Å². The molecule has 0 spiro atoms. The van der Waals surface area contributed by atoms with Crippen LogP contribution in [0.1, 0.15) is 37.3 Å². The van der Waals surface area contributed by atoms with E-state index in [1.807, 2.05) is 31.3 Å². The van der Waals surface area contributed by atoms with Gasteiger partial charge >= 0.3 is 0 Å². The second-order valence-corrected chi connectivity index (χ2v) is 8.01. The van der Waals surface area contributed by atoms with Gasteiger partial charge in [-0.05, 0) is 35.6 Å². The van der Waals surface area contributed by atoms with Crippen molar-refractivity contribution < 1.29 is 13.9 Å². The average molecular weight is 407 g/mol. The second-order valence-electron chi connectivity index (χ2n) is 8.01. The number of amides is 1. The molecular weight excluding hydrogens is 376 g/mol. The molecule has 0 bridgehead atoms. The van der Waals surface area contributed by atoms with E-state index in [4.69, 9.17) is 9.15 Å². The highest BCUT2D eigenvalue weighted by Crippen LogP contribution is 2.22. The fourth-order valence-electron chi connectivity index (χ4n) is 3.33. The summed E-state index contributed by atoms with van der Waals surface area (Å²) >= 11 is 0. The van der Waals surface area contributed by atoms with Crippen LogP contribution in [0.2, 0.25) is 0 Å². The number of hydrogen-bond donors (Lipinski definition) is 0. The highest BCUT2D eigenvalue weighted by atomic mass is 16.5. The van der Waals surface area contributed by atoms with Gasteiger partial charge in [0.05, 0.1) is 13.3 Å². The third kappa shape index (κ3) is 5.96. The van der Waals surface area contributed by atoms with Gasteiger partial charge in [0.2, 0.25) is 5.91 Å². The Kier molecular flexibility index (Phi) is 7.28. The molecule has 158 valence electrons. The molecule has 0 saturated heterocycles. The van der Waals surface area contributed by atoms with E-state index >= 15 is 0 Å². The Labute approximate surface area is 178 Å². The molecule has 0 atom stereocenters. The van der Waals surface area contributed by atoms with Gasteiger partial charge in [-0.15, -0.1) is 0 Å². The lowest BCUT2D eigenvalue weighted by atomic mass is 10.0. The zero-order chi connectivity index (χ0) is 21.5. The smallest absolute Gasteiger partial charge is 0.223 e. The van der Waals surface area contributed by atoms with Gasteiger partial charge in [-0.2, -0.15) is 0 Å². The van der Waals surface area contributed by atoms with Gasteiger partial charge in [0.1, 0.15) is 5.75 Å². The van der Waals surface area contributed by atoms with E-state index in [2.05, 4.69) is 43.1 Å². The van der Waals surface area contributed by atoms with E-state index in [0.717, 1.165) is 29.1 Å². The van der Waals surface area contributed by atoms with E-state index in [1.165, 1.54) is 5.56 Å². The molecule has 3 rings (SSSR count). The number of benzene rings is 2. The van der Waals surface area contributed by atoms with Gasteiger partial charge < -0.3 is 14.1 Å². The third-order valence-corrected chi connectivity index (χ3v) is 4.99. The summed E-state index contributed by atoms with van der Waals surface area (Å²) in [4.78, 5) is 18.5. The Bertz CT molecular complexity index is 943. The predicted octanol–water partition coefficient (Wildman–Crippen LogP) is 5.14. The number of hydrogen-bond acceptors (Lipinski definition) is 4. The number of aryl methyl sites for hydroxylation is 1. The number of carbonyl (C=O) groups excluding carboxylic acids is 1. The van der Waals surface area contributed by atoms with Crippen molar-refractivity contribution in [2.45, 2.75) is 39.7 Å². The standard InChI is InChI=1S/C25H30N2O3/c1-18(2)15-19-5-9-21(10-6-19)23-16-26-24(30-23)13-14-25(28)27(3)17-20-7-11-22(29-4)12-8-20/h5-12,16,18H,13-15,17H2,1-4H3. The quantitative estimate of drug-likeness (QED) is 0.494. The Morgan fingerprint density at radius 3 is 2.37 bits per heavy atom. The number of aromatic nitrogens is 1. The van der Waals surface area contributed by atoms with Gasteiger partial charge in [-0.3, -0.25) is 4.79 Å². The fraction of sp³-hybridized carbons (Fsp3) is 0.360. The van der Waals surface area contributed by atoms with Crippen molar-refractivity contribution in [2.75, 3.05) is 14.2 Å². The zero-order valence-corrected chi connectivity index (χ0v) is 18.2. The molecule has 1 heterocycles. The van der Waals surface area contributed by atoms with Gasteiger partial charge in [0.15, 0.2) is 11.7 Å². The molecular formula is C25H30N2O3. The maximum atomic E-state index is 12.5. The van der Waals surface area contributed by atoms with Gasteiger partial charge in [-0.25, -0.2) is 4.98 Å². The summed E-state index contributed by atoms with van der Waals surface area (Å²) < 4.78 is 11.0. The molecule has 5 nitrogen and oxygen atoms in total. The number of oxazole rings is 1. The SMILES string of the molecule is COc1ccc(CN(C)C(=O)CCc2ncc(-c3ccc(CC(C)C)cc3)o2)cc1. The summed E-state index contributed by atoms with van der Waals surface area (Å²) in [5.74, 6) is 2.82. The van der Waals surface area contributed by atoms with Gasteiger partial charge in [-0.1, -0.05) is 50.2 Å². The van der Waals surface area contributed by atoms with Gasteiger partial charge in [0.25, 0.3) is 0 Å². The monoisotopic (exact) mass is 406 g/mol. The first kappa shape index (κ1) is 21.6. The van der Waals surface area contributed by atoms with Crippen LogP contribution in [-0.2, 0) is 24.2 Å². The Balaban J connectivity index is 1.52. The van der Waals surface area contributed by atoms with Crippen molar-refractivity contribution in [1.82, 2.24) is 9.88 Å². The van der Waals surface area contributed by atoms with E-state index in [1.54, 1.807) is 18.2 Å². The Hall–Kier alpha value is -3.08. The molecule has 0 unspecified atom stereocenters. The third-order valence-electron chi connectivity index (χ3n) is 4.99. The van der Waals surface area contributed by atoms with Crippen LogP contribution in [0.3, 0.4) is 0 Å². The normalized spacial score (nSPS) is 11.0. The number of ether oxygens (including phenoxy) is 1. The Morgan fingerprint density at radius 1 is 1.07 bits per heavy atom. The first-order valence-corrected chi connectivity index (χ1v) is 10.4. The molecule has 0 aliphatic rings. The lowest BCUT2D eigenvalue weighted by molar-refractivity contribution is -0.130. The lowest BCUT2D eigenvalue weighted by Gasteiger charge is -2.17.